The highest BCUT2D eigenvalue weighted by Crippen LogP contribution is 2.40. The number of hydrogen-bond acceptors (Lipinski definition) is 4. The van der Waals surface area contributed by atoms with Crippen molar-refractivity contribution in [1.82, 2.24) is 5.06 Å². The number of hydroxylamine groups is 2. The number of alkyl halides is 6. The van der Waals surface area contributed by atoms with Gasteiger partial charge in [-0.15, -0.1) is 5.06 Å². The minimum Gasteiger partial charge on any atom is -0.489 e. The van der Waals surface area contributed by atoms with Crippen molar-refractivity contribution in [3.05, 3.63) is 28.2 Å². The molecule has 0 saturated carbocycles. The molecule has 1 saturated heterocycles. The van der Waals surface area contributed by atoms with Gasteiger partial charge in [0.1, 0.15) is 11.9 Å². The molecule has 0 aromatic heterocycles. The number of hydrogen-bond donors (Lipinski definition) is 0. The van der Waals surface area contributed by atoms with E-state index < -0.39 is 30.0 Å². The lowest BCUT2D eigenvalue weighted by Crippen LogP contribution is -2.42. The van der Waals surface area contributed by atoms with E-state index in [9.17, 15) is 31.1 Å². The number of piperidine rings is 1. The third-order valence-electron chi connectivity index (χ3n) is 3.41. The molecule has 25 heavy (non-hydrogen) atoms. The van der Waals surface area contributed by atoms with Gasteiger partial charge >= 0.3 is 18.3 Å². The Hall–Kier alpha value is -1.49. The standard InChI is InChI=1S/C14H12BrF6NO3/c15-11-9(13(16,17)18)2-1-3-10(11)24-8-4-6-22(7-5-8)25-12(23)14(19,20)21/h1-3,8H,4-7H2. The van der Waals surface area contributed by atoms with Crippen molar-refractivity contribution in [2.24, 2.45) is 0 Å². The molecule has 2 rings (SSSR count). The first-order valence-corrected chi connectivity index (χ1v) is 7.84. The van der Waals surface area contributed by atoms with E-state index >= 15 is 0 Å². The Kier molecular flexibility index (Phi) is 5.87. The van der Waals surface area contributed by atoms with Crippen LogP contribution in [0, 0.1) is 0 Å². The topological polar surface area (TPSA) is 38.8 Å². The summed E-state index contributed by atoms with van der Waals surface area (Å²) in [6.07, 6.45) is -9.77. The average Bonchev–Trinajstić information content (AvgIpc) is 2.49. The van der Waals surface area contributed by atoms with Crippen molar-refractivity contribution >= 4 is 21.9 Å². The Morgan fingerprint density at radius 1 is 1.12 bits per heavy atom. The van der Waals surface area contributed by atoms with E-state index in [0.717, 1.165) is 11.1 Å². The van der Waals surface area contributed by atoms with Crippen LogP contribution in [0.15, 0.2) is 22.7 Å². The molecule has 0 aliphatic carbocycles. The Labute approximate surface area is 146 Å². The molecule has 0 unspecified atom stereocenters. The molecule has 4 nitrogen and oxygen atoms in total. The van der Waals surface area contributed by atoms with Crippen molar-refractivity contribution in [3.63, 3.8) is 0 Å². The number of nitrogens with zero attached hydrogens (tertiary/aromatic N) is 1. The Morgan fingerprint density at radius 3 is 2.24 bits per heavy atom. The lowest BCUT2D eigenvalue weighted by Gasteiger charge is -2.31. The first kappa shape index (κ1) is 19.8. The molecule has 1 aromatic rings. The molecule has 1 aromatic carbocycles. The maximum atomic E-state index is 12.8. The van der Waals surface area contributed by atoms with Crippen LogP contribution < -0.4 is 4.74 Å². The zero-order chi connectivity index (χ0) is 18.8. The highest BCUT2D eigenvalue weighted by molar-refractivity contribution is 9.10. The second-order valence-corrected chi connectivity index (χ2v) is 6.03. The van der Waals surface area contributed by atoms with E-state index in [1.807, 2.05) is 0 Å². The highest BCUT2D eigenvalue weighted by Gasteiger charge is 2.43. The van der Waals surface area contributed by atoms with Gasteiger partial charge in [-0.25, -0.2) is 4.79 Å². The van der Waals surface area contributed by atoms with Crippen LogP contribution in [-0.2, 0) is 15.8 Å². The van der Waals surface area contributed by atoms with Crippen molar-refractivity contribution in [2.75, 3.05) is 13.1 Å². The second kappa shape index (κ2) is 7.40. The minimum atomic E-state index is -5.09. The van der Waals surface area contributed by atoms with Crippen LogP contribution in [0.5, 0.6) is 5.75 Å². The van der Waals surface area contributed by atoms with Crippen molar-refractivity contribution in [1.29, 1.82) is 0 Å². The lowest BCUT2D eigenvalue weighted by atomic mass is 10.1. The zero-order valence-electron chi connectivity index (χ0n) is 12.5. The van der Waals surface area contributed by atoms with Crippen LogP contribution in [0.25, 0.3) is 0 Å². The summed E-state index contributed by atoms with van der Waals surface area (Å²) in [5, 5.41) is 0.858. The molecule has 11 heteroatoms. The molecule has 0 N–H and O–H groups in total. The number of carbonyl (C=O) groups is 1. The number of halogens is 7. The molecular weight excluding hydrogens is 424 g/mol. The predicted molar refractivity (Wildman–Crippen MR) is 76.5 cm³/mol. The van der Waals surface area contributed by atoms with Crippen LogP contribution in [0.2, 0.25) is 0 Å². The van der Waals surface area contributed by atoms with Gasteiger partial charge in [-0.2, -0.15) is 26.3 Å². The number of carbonyl (C=O) groups excluding carboxylic acids is 1. The summed E-state index contributed by atoms with van der Waals surface area (Å²) in [5.74, 6) is -2.33. The van der Waals surface area contributed by atoms with E-state index in [2.05, 4.69) is 20.8 Å². The van der Waals surface area contributed by atoms with Crippen LogP contribution in [0.1, 0.15) is 18.4 Å². The van der Waals surface area contributed by atoms with Crippen molar-refractivity contribution in [3.8, 4) is 5.75 Å². The van der Waals surface area contributed by atoms with Crippen molar-refractivity contribution < 1.29 is 40.7 Å². The quantitative estimate of drug-likeness (QED) is 0.662. The van der Waals surface area contributed by atoms with Crippen LogP contribution in [0.4, 0.5) is 26.3 Å². The molecule has 1 aliphatic heterocycles. The molecule has 0 atom stereocenters. The van der Waals surface area contributed by atoms with Gasteiger partial charge in [0.05, 0.1) is 10.0 Å². The highest BCUT2D eigenvalue weighted by atomic mass is 79.9. The van der Waals surface area contributed by atoms with Gasteiger partial charge in [-0.05, 0) is 28.1 Å². The number of benzene rings is 1. The van der Waals surface area contributed by atoms with Crippen LogP contribution in [0.3, 0.4) is 0 Å². The number of rotatable bonds is 3. The normalized spacial score (nSPS) is 17.4. The molecule has 1 aliphatic rings. The maximum absolute atomic E-state index is 12.8. The molecule has 0 amide bonds. The van der Waals surface area contributed by atoms with Gasteiger partial charge in [0, 0.05) is 25.9 Å². The summed E-state index contributed by atoms with van der Waals surface area (Å²) in [7, 11) is 0. The van der Waals surface area contributed by atoms with Crippen molar-refractivity contribution in [2.45, 2.75) is 31.3 Å². The Balaban J connectivity index is 1.94. The van der Waals surface area contributed by atoms with E-state index in [-0.39, 0.29) is 36.2 Å². The van der Waals surface area contributed by atoms with Gasteiger partial charge < -0.3 is 9.57 Å². The summed E-state index contributed by atoms with van der Waals surface area (Å²) in [5.41, 5.74) is -0.887. The van der Waals surface area contributed by atoms with Gasteiger partial charge in [0.25, 0.3) is 0 Å². The largest absolute Gasteiger partial charge is 0.492 e. The summed E-state index contributed by atoms with van der Waals surface area (Å²) < 4.78 is 80.2. The molecule has 0 spiro atoms. The molecule has 0 bridgehead atoms. The van der Waals surface area contributed by atoms with E-state index in [0.29, 0.717) is 0 Å². The van der Waals surface area contributed by atoms with Gasteiger partial charge in [-0.1, -0.05) is 6.07 Å². The fourth-order valence-electron chi connectivity index (χ4n) is 2.21. The lowest BCUT2D eigenvalue weighted by molar-refractivity contribution is -0.243. The summed E-state index contributed by atoms with van der Waals surface area (Å²) in [4.78, 5) is 14.9. The first-order valence-electron chi connectivity index (χ1n) is 7.05. The van der Waals surface area contributed by atoms with Crippen LogP contribution in [-0.4, -0.2) is 36.4 Å². The third kappa shape index (κ3) is 5.24. The molecule has 1 fully saturated rings. The molecule has 0 radical (unpaired) electrons. The maximum Gasteiger partial charge on any atom is 0.492 e. The molecular formula is C14H12BrF6NO3. The average molecular weight is 436 g/mol. The molecule has 140 valence electrons. The fraction of sp³-hybridized carbons (Fsp3) is 0.500. The smallest absolute Gasteiger partial charge is 0.489 e. The monoisotopic (exact) mass is 435 g/mol. The SMILES string of the molecule is O=C(ON1CCC(Oc2cccc(C(F)(F)F)c2Br)CC1)C(F)(F)F. The Morgan fingerprint density at radius 2 is 1.72 bits per heavy atom. The van der Waals surface area contributed by atoms with Gasteiger partial charge in [0.2, 0.25) is 0 Å². The first-order chi connectivity index (χ1) is 11.5. The van der Waals surface area contributed by atoms with Gasteiger partial charge in [0.15, 0.2) is 0 Å². The third-order valence-corrected chi connectivity index (χ3v) is 4.22. The zero-order valence-corrected chi connectivity index (χ0v) is 14.0. The van der Waals surface area contributed by atoms with Gasteiger partial charge in [-0.3, -0.25) is 0 Å². The molecule has 1 heterocycles. The summed E-state index contributed by atoms with van der Waals surface area (Å²) in [6, 6.07) is 3.45. The minimum absolute atomic E-state index is 0.0134. The van der Waals surface area contributed by atoms with E-state index in [1.54, 1.807) is 0 Å². The van der Waals surface area contributed by atoms with E-state index in [4.69, 9.17) is 4.74 Å². The van der Waals surface area contributed by atoms with E-state index in [1.165, 1.54) is 12.1 Å². The fourth-order valence-corrected chi connectivity index (χ4v) is 2.79. The second-order valence-electron chi connectivity index (χ2n) is 5.24. The summed E-state index contributed by atoms with van der Waals surface area (Å²) >= 11 is 2.86. The predicted octanol–water partition coefficient (Wildman–Crippen LogP) is 4.33. The Bertz CT molecular complexity index is 626. The number of ether oxygens (including phenoxy) is 1. The van der Waals surface area contributed by atoms with Crippen LogP contribution >= 0.6 is 15.9 Å². The summed E-state index contributed by atoms with van der Waals surface area (Å²) in [6.45, 7) is -0.0495.